The summed E-state index contributed by atoms with van der Waals surface area (Å²) in [5.74, 6) is 0.541. The van der Waals surface area contributed by atoms with Gasteiger partial charge >= 0.3 is 5.97 Å². The van der Waals surface area contributed by atoms with Crippen molar-refractivity contribution < 1.29 is 14.3 Å². The van der Waals surface area contributed by atoms with Crippen LogP contribution in [0.25, 0.3) is 16.8 Å². The fraction of sp³-hybridized carbons (Fsp3) is 0.350. The Kier molecular flexibility index (Phi) is 4.12. The average molecular weight is 310 g/mol. The number of esters is 1. The van der Waals surface area contributed by atoms with Gasteiger partial charge in [-0.1, -0.05) is 44.2 Å². The minimum atomic E-state index is -0.338. The quantitative estimate of drug-likeness (QED) is 0.754. The Labute approximate surface area is 136 Å². The zero-order valence-electron chi connectivity index (χ0n) is 14.0. The van der Waals surface area contributed by atoms with Crippen LogP contribution in [0.2, 0.25) is 0 Å². The first-order chi connectivity index (χ1) is 11.0. The summed E-state index contributed by atoms with van der Waals surface area (Å²) in [6.45, 7) is 7.72. The van der Waals surface area contributed by atoms with Gasteiger partial charge in [-0.25, -0.2) is 0 Å². The zero-order chi connectivity index (χ0) is 16.6. The van der Waals surface area contributed by atoms with E-state index in [0.29, 0.717) is 0 Å². The van der Waals surface area contributed by atoms with Gasteiger partial charge in [0, 0.05) is 11.1 Å². The molecule has 3 nitrogen and oxygen atoms in total. The third-order valence-electron chi connectivity index (χ3n) is 3.90. The topological polar surface area (TPSA) is 35.5 Å². The minimum absolute atomic E-state index is 0.112. The highest BCUT2D eigenvalue weighted by molar-refractivity contribution is 5.98. The van der Waals surface area contributed by atoms with Crippen molar-refractivity contribution >= 4 is 22.8 Å². The molecule has 0 saturated carbocycles. The highest BCUT2D eigenvalue weighted by atomic mass is 16.5. The molecule has 0 amide bonds. The number of ether oxygens (including phenoxy) is 2. The van der Waals surface area contributed by atoms with Crippen LogP contribution in [-0.2, 0) is 9.53 Å². The smallest absolute Gasteiger partial charge is 0.309 e. The van der Waals surface area contributed by atoms with E-state index in [1.807, 2.05) is 58.0 Å². The van der Waals surface area contributed by atoms with E-state index in [9.17, 15) is 4.79 Å². The van der Waals surface area contributed by atoms with Crippen molar-refractivity contribution in [1.29, 1.82) is 0 Å². The molecular formula is C20H22O3. The van der Waals surface area contributed by atoms with Gasteiger partial charge in [0.15, 0.2) is 0 Å². The fourth-order valence-corrected chi connectivity index (χ4v) is 2.83. The van der Waals surface area contributed by atoms with Gasteiger partial charge in [0.2, 0.25) is 0 Å². The molecule has 0 N–H and O–H groups in total. The predicted molar refractivity (Wildman–Crippen MR) is 92.4 cm³/mol. The largest absolute Gasteiger partial charge is 0.490 e. The molecule has 0 radical (unpaired) electrons. The lowest BCUT2D eigenvalue weighted by molar-refractivity contribution is -0.150. The monoisotopic (exact) mass is 310 g/mol. The summed E-state index contributed by atoms with van der Waals surface area (Å²) in [4.78, 5) is 12.0. The van der Waals surface area contributed by atoms with E-state index in [-0.39, 0.29) is 24.1 Å². The van der Waals surface area contributed by atoms with E-state index in [0.717, 1.165) is 27.6 Å². The van der Waals surface area contributed by atoms with E-state index in [1.165, 1.54) is 0 Å². The van der Waals surface area contributed by atoms with Crippen molar-refractivity contribution in [2.24, 2.45) is 5.92 Å². The molecule has 0 saturated heterocycles. The van der Waals surface area contributed by atoms with Crippen molar-refractivity contribution in [1.82, 2.24) is 0 Å². The van der Waals surface area contributed by atoms with Crippen LogP contribution < -0.4 is 4.74 Å². The third-order valence-corrected chi connectivity index (χ3v) is 3.90. The number of carbonyl (C=O) groups excluding carboxylic acids is 1. The van der Waals surface area contributed by atoms with Gasteiger partial charge in [-0.15, -0.1) is 0 Å². The SMILES string of the molecule is CC(C)Oc1ccc2cccc3c2c1C=CC3OC(=O)C(C)C. The van der Waals surface area contributed by atoms with Crippen molar-refractivity contribution in [2.45, 2.75) is 39.9 Å². The van der Waals surface area contributed by atoms with Crippen LogP contribution in [0.3, 0.4) is 0 Å². The summed E-state index contributed by atoms with van der Waals surface area (Å²) in [6.07, 6.45) is 3.71. The second-order valence-corrected chi connectivity index (χ2v) is 6.46. The van der Waals surface area contributed by atoms with Gasteiger partial charge in [0.25, 0.3) is 0 Å². The van der Waals surface area contributed by atoms with Crippen LogP contribution in [0.1, 0.15) is 44.9 Å². The van der Waals surface area contributed by atoms with Gasteiger partial charge in [-0.2, -0.15) is 0 Å². The molecule has 1 aliphatic carbocycles. The Morgan fingerprint density at radius 1 is 1.09 bits per heavy atom. The van der Waals surface area contributed by atoms with E-state index >= 15 is 0 Å². The molecule has 3 rings (SSSR count). The number of carbonyl (C=O) groups is 1. The Balaban J connectivity index is 2.09. The van der Waals surface area contributed by atoms with Gasteiger partial charge in [0.05, 0.1) is 12.0 Å². The summed E-state index contributed by atoms with van der Waals surface area (Å²) in [5, 5.41) is 2.23. The minimum Gasteiger partial charge on any atom is -0.490 e. The summed E-state index contributed by atoms with van der Waals surface area (Å²) < 4.78 is 11.6. The van der Waals surface area contributed by atoms with E-state index in [4.69, 9.17) is 9.47 Å². The summed E-state index contributed by atoms with van der Waals surface area (Å²) in [7, 11) is 0. The second-order valence-electron chi connectivity index (χ2n) is 6.46. The fourth-order valence-electron chi connectivity index (χ4n) is 2.83. The molecule has 1 aliphatic rings. The van der Waals surface area contributed by atoms with Crippen LogP contribution in [0.5, 0.6) is 5.75 Å². The normalized spacial score (nSPS) is 16.2. The Bertz CT molecular complexity index is 772. The second kappa shape index (κ2) is 6.07. The maximum absolute atomic E-state index is 12.0. The maximum Gasteiger partial charge on any atom is 0.309 e. The highest BCUT2D eigenvalue weighted by Crippen LogP contribution is 2.40. The first-order valence-electron chi connectivity index (χ1n) is 8.08. The predicted octanol–water partition coefficient (Wildman–Crippen LogP) is 4.89. The first-order valence-corrected chi connectivity index (χ1v) is 8.08. The van der Waals surface area contributed by atoms with Gasteiger partial charge in [-0.3, -0.25) is 4.79 Å². The number of benzene rings is 2. The van der Waals surface area contributed by atoms with Crippen molar-refractivity contribution in [2.75, 3.05) is 0 Å². The molecule has 0 bridgehead atoms. The number of hydrogen-bond acceptors (Lipinski definition) is 3. The molecule has 1 atom stereocenters. The molecule has 0 spiro atoms. The van der Waals surface area contributed by atoms with Crippen LogP contribution in [0.4, 0.5) is 0 Å². The molecular weight excluding hydrogens is 288 g/mol. The van der Waals surface area contributed by atoms with Crippen LogP contribution in [0, 0.1) is 5.92 Å². The van der Waals surface area contributed by atoms with Crippen molar-refractivity contribution in [3.63, 3.8) is 0 Å². The number of rotatable bonds is 4. The van der Waals surface area contributed by atoms with Crippen LogP contribution in [0.15, 0.2) is 36.4 Å². The Hall–Kier alpha value is -2.29. The van der Waals surface area contributed by atoms with Crippen molar-refractivity contribution in [3.8, 4) is 5.75 Å². The molecule has 2 aromatic rings. The Morgan fingerprint density at radius 3 is 2.57 bits per heavy atom. The van der Waals surface area contributed by atoms with Gasteiger partial charge < -0.3 is 9.47 Å². The molecule has 0 heterocycles. The van der Waals surface area contributed by atoms with Gasteiger partial charge in [0.1, 0.15) is 11.9 Å². The summed E-state index contributed by atoms with van der Waals surface area (Å²) in [6, 6.07) is 10.2. The van der Waals surface area contributed by atoms with Crippen LogP contribution >= 0.6 is 0 Å². The zero-order valence-corrected chi connectivity index (χ0v) is 14.0. The molecule has 23 heavy (non-hydrogen) atoms. The lowest BCUT2D eigenvalue weighted by Crippen LogP contribution is -2.16. The lowest BCUT2D eigenvalue weighted by atomic mass is 9.90. The molecule has 1 unspecified atom stereocenters. The van der Waals surface area contributed by atoms with E-state index < -0.39 is 0 Å². The van der Waals surface area contributed by atoms with E-state index in [1.54, 1.807) is 0 Å². The molecule has 2 aromatic carbocycles. The summed E-state index contributed by atoms with van der Waals surface area (Å²) >= 11 is 0. The van der Waals surface area contributed by atoms with Gasteiger partial charge in [-0.05, 0) is 36.8 Å². The molecule has 3 heteroatoms. The maximum atomic E-state index is 12.0. The standard InChI is InChI=1S/C20H22O3/c1-12(2)20(21)23-18-11-9-16-17(22-13(3)4)10-8-14-6-5-7-15(18)19(14)16/h5-13,18H,1-4H3. The van der Waals surface area contributed by atoms with Crippen molar-refractivity contribution in [3.05, 3.63) is 47.5 Å². The average Bonchev–Trinajstić information content (AvgIpc) is 2.51. The third kappa shape index (κ3) is 2.96. The summed E-state index contributed by atoms with van der Waals surface area (Å²) in [5.41, 5.74) is 2.08. The Morgan fingerprint density at radius 2 is 1.87 bits per heavy atom. The van der Waals surface area contributed by atoms with Crippen LogP contribution in [-0.4, -0.2) is 12.1 Å². The highest BCUT2D eigenvalue weighted by Gasteiger charge is 2.24. The van der Waals surface area contributed by atoms with E-state index in [2.05, 4.69) is 12.1 Å². The molecule has 0 aromatic heterocycles. The first kappa shape index (κ1) is 15.6. The molecule has 0 aliphatic heterocycles. The molecule has 120 valence electrons. The molecule has 0 fully saturated rings. The number of hydrogen-bond donors (Lipinski definition) is 0. The lowest BCUT2D eigenvalue weighted by Gasteiger charge is -2.24.